The molecule has 0 amide bonds. The average molecular weight is 345 g/mol. The molecule has 0 aromatic heterocycles. The molecule has 0 heterocycles. The van der Waals surface area contributed by atoms with E-state index in [-0.39, 0.29) is 15.6 Å². The van der Waals surface area contributed by atoms with E-state index in [1.807, 2.05) is 0 Å². The van der Waals surface area contributed by atoms with E-state index in [0.717, 1.165) is 11.6 Å². The van der Waals surface area contributed by atoms with Crippen LogP contribution in [0, 0.1) is 31.3 Å². The predicted octanol–water partition coefficient (Wildman–Crippen LogP) is 4.56. The molecule has 0 saturated carbocycles. The molecule has 2 rings (SSSR count). The lowest BCUT2D eigenvalue weighted by atomic mass is 9.95. The first-order valence-electron chi connectivity index (χ1n) is 5.91. The topological polar surface area (TPSA) is 20.2 Å². The molecule has 1 atom stereocenters. The molecule has 0 radical (unpaired) electrons. The van der Waals surface area contributed by atoms with Crippen LogP contribution in [-0.2, 0) is 0 Å². The summed E-state index contributed by atoms with van der Waals surface area (Å²) < 4.78 is 40.4. The third kappa shape index (κ3) is 2.60. The minimum atomic E-state index is -1.37. The molecule has 2 aromatic carbocycles. The van der Waals surface area contributed by atoms with E-state index >= 15 is 0 Å². The second kappa shape index (κ2) is 5.58. The Morgan fingerprint density at radius 3 is 2.30 bits per heavy atom. The SMILES string of the molecule is Cc1cc(C)c(C(O)c2ccc(F)c(F)c2Br)c(F)c1. The third-order valence-electron chi connectivity index (χ3n) is 3.11. The smallest absolute Gasteiger partial charge is 0.173 e. The summed E-state index contributed by atoms with van der Waals surface area (Å²) in [5.74, 6) is -2.72. The summed E-state index contributed by atoms with van der Waals surface area (Å²) in [6, 6.07) is 5.14. The summed E-state index contributed by atoms with van der Waals surface area (Å²) in [7, 11) is 0. The van der Waals surface area contributed by atoms with Crippen molar-refractivity contribution in [1.82, 2.24) is 0 Å². The lowest BCUT2D eigenvalue weighted by Crippen LogP contribution is -2.08. The number of hydrogen-bond donors (Lipinski definition) is 1. The summed E-state index contributed by atoms with van der Waals surface area (Å²) in [5, 5.41) is 10.3. The molecular weight excluding hydrogens is 333 g/mol. The molecule has 1 N–H and O–H groups in total. The Hall–Kier alpha value is -1.33. The van der Waals surface area contributed by atoms with Gasteiger partial charge in [0.05, 0.1) is 4.47 Å². The van der Waals surface area contributed by atoms with Crippen LogP contribution < -0.4 is 0 Å². The average Bonchev–Trinajstić information content (AvgIpc) is 2.34. The van der Waals surface area contributed by atoms with Gasteiger partial charge in [0.25, 0.3) is 0 Å². The van der Waals surface area contributed by atoms with Crippen molar-refractivity contribution < 1.29 is 18.3 Å². The van der Waals surface area contributed by atoms with Crippen molar-refractivity contribution >= 4 is 15.9 Å². The van der Waals surface area contributed by atoms with Gasteiger partial charge >= 0.3 is 0 Å². The van der Waals surface area contributed by atoms with Crippen LogP contribution in [0.25, 0.3) is 0 Å². The fourth-order valence-electron chi connectivity index (χ4n) is 2.18. The van der Waals surface area contributed by atoms with Crippen molar-refractivity contribution in [3.8, 4) is 0 Å². The number of aliphatic hydroxyl groups excluding tert-OH is 1. The second-order valence-corrected chi connectivity index (χ2v) is 5.44. The number of hydrogen-bond acceptors (Lipinski definition) is 1. The lowest BCUT2D eigenvalue weighted by Gasteiger charge is -2.17. The van der Waals surface area contributed by atoms with Gasteiger partial charge in [-0.05, 0) is 53.0 Å². The van der Waals surface area contributed by atoms with E-state index < -0.39 is 23.6 Å². The minimum absolute atomic E-state index is 0.0577. The van der Waals surface area contributed by atoms with Crippen LogP contribution >= 0.6 is 15.9 Å². The highest BCUT2D eigenvalue weighted by Crippen LogP contribution is 2.34. The Bertz CT molecular complexity index is 647. The molecule has 20 heavy (non-hydrogen) atoms. The monoisotopic (exact) mass is 344 g/mol. The van der Waals surface area contributed by atoms with E-state index in [9.17, 15) is 18.3 Å². The zero-order valence-electron chi connectivity index (χ0n) is 10.8. The van der Waals surface area contributed by atoms with Gasteiger partial charge in [-0.1, -0.05) is 12.1 Å². The highest BCUT2D eigenvalue weighted by Gasteiger charge is 2.22. The Labute approximate surface area is 123 Å². The Morgan fingerprint density at radius 2 is 1.70 bits per heavy atom. The van der Waals surface area contributed by atoms with E-state index in [2.05, 4.69) is 15.9 Å². The maximum absolute atomic E-state index is 14.0. The molecular formula is C15H12BrF3O. The maximum Gasteiger partial charge on any atom is 0.173 e. The molecule has 0 aliphatic heterocycles. The van der Waals surface area contributed by atoms with Gasteiger partial charge in [0, 0.05) is 11.1 Å². The standard InChI is InChI=1S/C15H12BrF3O/c1-7-5-8(2)12(11(18)6-7)15(20)9-3-4-10(17)14(19)13(9)16/h3-6,15,20H,1-2H3. The molecule has 0 spiro atoms. The molecule has 5 heteroatoms. The van der Waals surface area contributed by atoms with Gasteiger partial charge in [0.2, 0.25) is 0 Å². The van der Waals surface area contributed by atoms with Gasteiger partial charge in [-0.25, -0.2) is 13.2 Å². The molecule has 0 bridgehead atoms. The molecule has 0 aliphatic carbocycles. The number of benzene rings is 2. The Kier molecular flexibility index (Phi) is 4.20. The fraction of sp³-hybridized carbons (Fsp3) is 0.200. The zero-order valence-corrected chi connectivity index (χ0v) is 12.4. The highest BCUT2D eigenvalue weighted by atomic mass is 79.9. The summed E-state index contributed by atoms with van der Waals surface area (Å²) in [4.78, 5) is 0. The van der Waals surface area contributed by atoms with Crippen molar-refractivity contribution in [2.75, 3.05) is 0 Å². The van der Waals surface area contributed by atoms with Crippen LogP contribution in [0.1, 0.15) is 28.4 Å². The van der Waals surface area contributed by atoms with E-state index in [0.29, 0.717) is 5.56 Å². The molecule has 1 nitrogen and oxygen atoms in total. The van der Waals surface area contributed by atoms with Crippen LogP contribution in [0.4, 0.5) is 13.2 Å². The van der Waals surface area contributed by atoms with Crippen molar-refractivity contribution in [2.24, 2.45) is 0 Å². The molecule has 1 unspecified atom stereocenters. The molecule has 0 aliphatic rings. The van der Waals surface area contributed by atoms with Crippen LogP contribution in [0.2, 0.25) is 0 Å². The molecule has 0 saturated heterocycles. The number of aliphatic hydroxyl groups is 1. The molecule has 2 aromatic rings. The van der Waals surface area contributed by atoms with Gasteiger partial charge < -0.3 is 5.11 Å². The summed E-state index contributed by atoms with van der Waals surface area (Å²) in [6.45, 7) is 3.39. The number of rotatable bonds is 2. The Balaban J connectivity index is 2.58. The summed E-state index contributed by atoms with van der Waals surface area (Å²) in [6.07, 6.45) is -1.37. The van der Waals surface area contributed by atoms with Crippen molar-refractivity contribution in [2.45, 2.75) is 20.0 Å². The first kappa shape index (κ1) is 15.1. The molecule has 106 valence electrons. The maximum atomic E-state index is 14.0. The zero-order chi connectivity index (χ0) is 15.0. The van der Waals surface area contributed by atoms with Gasteiger partial charge in [-0.3, -0.25) is 0 Å². The lowest BCUT2D eigenvalue weighted by molar-refractivity contribution is 0.212. The number of aryl methyl sites for hydroxylation is 2. The van der Waals surface area contributed by atoms with E-state index in [1.54, 1.807) is 19.9 Å². The van der Waals surface area contributed by atoms with E-state index in [1.165, 1.54) is 12.1 Å². The summed E-state index contributed by atoms with van der Waals surface area (Å²) >= 11 is 2.90. The summed E-state index contributed by atoms with van der Waals surface area (Å²) in [5.41, 5.74) is 1.41. The Morgan fingerprint density at radius 1 is 1.05 bits per heavy atom. The highest BCUT2D eigenvalue weighted by molar-refractivity contribution is 9.10. The first-order valence-corrected chi connectivity index (χ1v) is 6.70. The quantitative estimate of drug-likeness (QED) is 0.791. The van der Waals surface area contributed by atoms with Crippen molar-refractivity contribution in [1.29, 1.82) is 0 Å². The van der Waals surface area contributed by atoms with Crippen molar-refractivity contribution in [3.05, 3.63) is 68.4 Å². The first-order chi connectivity index (χ1) is 9.32. The van der Waals surface area contributed by atoms with Crippen LogP contribution in [0.15, 0.2) is 28.7 Å². The van der Waals surface area contributed by atoms with Gasteiger partial charge in [0.15, 0.2) is 11.6 Å². The van der Waals surface area contributed by atoms with E-state index in [4.69, 9.17) is 0 Å². The predicted molar refractivity (Wildman–Crippen MR) is 74.0 cm³/mol. The van der Waals surface area contributed by atoms with Gasteiger partial charge in [0.1, 0.15) is 11.9 Å². The number of halogens is 4. The van der Waals surface area contributed by atoms with Gasteiger partial charge in [-0.15, -0.1) is 0 Å². The second-order valence-electron chi connectivity index (χ2n) is 4.64. The van der Waals surface area contributed by atoms with Crippen molar-refractivity contribution in [3.63, 3.8) is 0 Å². The fourth-order valence-corrected chi connectivity index (χ4v) is 2.72. The van der Waals surface area contributed by atoms with Crippen LogP contribution in [0.3, 0.4) is 0 Å². The van der Waals surface area contributed by atoms with Crippen LogP contribution in [0.5, 0.6) is 0 Å². The third-order valence-corrected chi connectivity index (χ3v) is 3.92. The minimum Gasteiger partial charge on any atom is -0.383 e. The largest absolute Gasteiger partial charge is 0.383 e. The van der Waals surface area contributed by atoms with Gasteiger partial charge in [-0.2, -0.15) is 0 Å². The van der Waals surface area contributed by atoms with Crippen LogP contribution in [-0.4, -0.2) is 5.11 Å². The molecule has 0 fully saturated rings. The normalized spacial score (nSPS) is 12.6.